The first-order valence-electron chi connectivity index (χ1n) is 10.4. The second-order valence-corrected chi connectivity index (χ2v) is 6.31. The van der Waals surface area contributed by atoms with Gasteiger partial charge in [-0.05, 0) is 62.4 Å². The standard InChI is InChI=1S/C22H28NP.2C2H6.CH3F/c1-8-11-14-20-17(6)18(7)22(21(24)15-16(4)5)23(20)19(12-9-2)13-10-3;3*1-2/h8-15H,1-2,4,24H2,3,5-7H3;2*1-2H3;1H3/b13-10-,14-11-,19-12+,21-15+;;;. The summed E-state index contributed by atoms with van der Waals surface area (Å²) in [6, 6.07) is 0. The van der Waals surface area contributed by atoms with Gasteiger partial charge in [-0.15, -0.1) is 9.24 Å². The number of hydrogen-bond acceptors (Lipinski definition) is 0. The molecule has 0 amide bonds. The highest BCUT2D eigenvalue weighted by molar-refractivity contribution is 7.31. The lowest BCUT2D eigenvalue weighted by Crippen LogP contribution is -2.02. The highest BCUT2D eigenvalue weighted by Gasteiger charge is 2.18. The smallest absolute Gasteiger partial charge is 0.0785 e. The average molecular weight is 432 g/mol. The summed E-state index contributed by atoms with van der Waals surface area (Å²) in [6.07, 6.45) is 15.9. The molecule has 1 nitrogen and oxygen atoms in total. The van der Waals surface area contributed by atoms with Crippen LogP contribution in [-0.2, 0) is 0 Å². The Morgan fingerprint density at radius 1 is 1.00 bits per heavy atom. The molecular weight excluding hydrogens is 388 g/mol. The topological polar surface area (TPSA) is 4.93 Å². The van der Waals surface area contributed by atoms with Gasteiger partial charge in [-0.25, -0.2) is 0 Å². The third-order valence-electron chi connectivity index (χ3n) is 3.72. The largest absolute Gasteiger partial charge is 0.309 e. The minimum absolute atomic E-state index is 0.500. The summed E-state index contributed by atoms with van der Waals surface area (Å²) >= 11 is 0. The van der Waals surface area contributed by atoms with Crippen molar-refractivity contribution in [3.63, 3.8) is 0 Å². The number of aromatic nitrogens is 1. The van der Waals surface area contributed by atoms with Gasteiger partial charge >= 0.3 is 0 Å². The molecule has 0 radical (unpaired) electrons. The third-order valence-corrected chi connectivity index (χ3v) is 4.16. The molecule has 1 unspecified atom stereocenters. The maximum Gasteiger partial charge on any atom is 0.0785 e. The molecule has 0 aliphatic carbocycles. The zero-order valence-electron chi connectivity index (χ0n) is 20.6. The Morgan fingerprint density at radius 3 is 1.93 bits per heavy atom. The molecule has 30 heavy (non-hydrogen) atoms. The second-order valence-electron chi connectivity index (χ2n) is 5.69. The molecule has 0 fully saturated rings. The summed E-state index contributed by atoms with van der Waals surface area (Å²) in [6.45, 7) is 28.0. The van der Waals surface area contributed by atoms with Crippen LogP contribution in [0.3, 0.4) is 0 Å². The Hall–Kier alpha value is -2.18. The van der Waals surface area contributed by atoms with E-state index in [9.17, 15) is 4.39 Å². The number of nitrogens with zero attached hydrogens (tertiary/aromatic N) is 1. The Morgan fingerprint density at radius 2 is 1.53 bits per heavy atom. The van der Waals surface area contributed by atoms with Crippen molar-refractivity contribution in [1.29, 1.82) is 0 Å². The number of halogens is 1. The normalized spacial score (nSPS) is 11.0. The number of rotatable bonds is 7. The molecule has 0 aliphatic rings. The molecule has 0 bridgehead atoms. The molecular formula is C27H43FNP. The number of alkyl halides is 1. The van der Waals surface area contributed by atoms with Crippen LogP contribution in [0.25, 0.3) is 17.1 Å². The lowest BCUT2D eigenvalue weighted by molar-refractivity contribution is 0.636. The van der Waals surface area contributed by atoms with E-state index < -0.39 is 0 Å². The molecule has 1 atom stereocenters. The highest BCUT2D eigenvalue weighted by atomic mass is 31.0. The van der Waals surface area contributed by atoms with Gasteiger partial charge in [-0.2, -0.15) is 0 Å². The van der Waals surface area contributed by atoms with E-state index in [1.54, 1.807) is 6.08 Å². The van der Waals surface area contributed by atoms with Crippen molar-refractivity contribution >= 4 is 26.3 Å². The second kappa shape index (κ2) is 20.1. The van der Waals surface area contributed by atoms with Crippen molar-refractivity contribution in [2.45, 2.75) is 55.4 Å². The molecule has 0 spiro atoms. The van der Waals surface area contributed by atoms with E-state index in [0.29, 0.717) is 7.18 Å². The van der Waals surface area contributed by atoms with Crippen molar-refractivity contribution in [2.75, 3.05) is 7.18 Å². The van der Waals surface area contributed by atoms with E-state index in [0.717, 1.165) is 28.0 Å². The lowest BCUT2D eigenvalue weighted by Gasteiger charge is -2.14. The first-order valence-corrected chi connectivity index (χ1v) is 10.9. The summed E-state index contributed by atoms with van der Waals surface area (Å²) in [4.78, 5) is 0. The lowest BCUT2D eigenvalue weighted by atomic mass is 10.1. The SMILES string of the molecule is C=C/C=C\c1c(C)c(C)c(/C(P)=C\C(=C)C)n1C(/C=C\C)=C/C=C.CC.CC.CF. The van der Waals surface area contributed by atoms with E-state index in [1.165, 1.54) is 11.1 Å². The Balaban J connectivity index is -0.00000111. The summed E-state index contributed by atoms with van der Waals surface area (Å²) in [7, 11) is 3.34. The molecule has 0 saturated heterocycles. The molecule has 3 heteroatoms. The van der Waals surface area contributed by atoms with E-state index in [2.05, 4.69) is 65.6 Å². The van der Waals surface area contributed by atoms with Gasteiger partial charge in [-0.1, -0.05) is 83.4 Å². The van der Waals surface area contributed by atoms with Crippen LogP contribution in [-0.4, -0.2) is 11.7 Å². The fourth-order valence-corrected chi connectivity index (χ4v) is 3.26. The summed E-state index contributed by atoms with van der Waals surface area (Å²) in [5.41, 5.74) is 6.89. The summed E-state index contributed by atoms with van der Waals surface area (Å²) in [5.74, 6) is 0. The molecule has 0 aliphatic heterocycles. The van der Waals surface area contributed by atoms with Gasteiger partial charge in [0.2, 0.25) is 0 Å². The van der Waals surface area contributed by atoms with Crippen molar-refractivity contribution in [3.05, 3.63) is 90.4 Å². The molecule has 0 aromatic carbocycles. The average Bonchev–Trinajstić information content (AvgIpc) is 3.00. The Bertz CT molecular complexity index is 771. The zero-order valence-corrected chi connectivity index (χ0v) is 21.8. The summed E-state index contributed by atoms with van der Waals surface area (Å²) < 4.78 is 11.8. The monoisotopic (exact) mass is 431 g/mol. The van der Waals surface area contributed by atoms with Crippen LogP contribution in [0.1, 0.15) is 64.1 Å². The van der Waals surface area contributed by atoms with Gasteiger partial charge in [0.25, 0.3) is 0 Å². The third kappa shape index (κ3) is 10.0. The van der Waals surface area contributed by atoms with Crippen LogP contribution in [0.2, 0.25) is 0 Å². The molecule has 1 heterocycles. The maximum absolute atomic E-state index is 9.50. The Labute approximate surface area is 188 Å². The van der Waals surface area contributed by atoms with Crippen LogP contribution < -0.4 is 0 Å². The van der Waals surface area contributed by atoms with Crippen LogP contribution in [0.15, 0.2) is 67.8 Å². The number of hydrogen-bond donors (Lipinski definition) is 0. The molecule has 1 rings (SSSR count). The van der Waals surface area contributed by atoms with Crippen LogP contribution in [0.5, 0.6) is 0 Å². The molecule has 0 N–H and O–H groups in total. The van der Waals surface area contributed by atoms with E-state index >= 15 is 0 Å². The fourth-order valence-electron chi connectivity index (χ4n) is 2.63. The van der Waals surface area contributed by atoms with Gasteiger partial charge < -0.3 is 4.57 Å². The van der Waals surface area contributed by atoms with E-state index in [4.69, 9.17) is 0 Å². The first-order chi connectivity index (χ1) is 14.4. The Kier molecular flexibility index (Phi) is 21.8. The predicted molar refractivity (Wildman–Crippen MR) is 145 cm³/mol. The predicted octanol–water partition coefficient (Wildman–Crippen LogP) is 9.34. The zero-order chi connectivity index (χ0) is 24.3. The van der Waals surface area contributed by atoms with E-state index in [-0.39, 0.29) is 0 Å². The van der Waals surface area contributed by atoms with Gasteiger partial charge in [0, 0.05) is 11.4 Å². The van der Waals surface area contributed by atoms with Crippen LogP contribution >= 0.6 is 9.24 Å². The number of allylic oxidation sites excluding steroid dienone is 9. The van der Waals surface area contributed by atoms with Crippen LogP contribution in [0.4, 0.5) is 4.39 Å². The van der Waals surface area contributed by atoms with E-state index in [1.807, 2.05) is 65.8 Å². The van der Waals surface area contributed by atoms with Gasteiger partial charge in [0.1, 0.15) is 0 Å². The summed E-state index contributed by atoms with van der Waals surface area (Å²) in [5, 5.41) is 1.11. The van der Waals surface area contributed by atoms with Crippen LogP contribution in [0, 0.1) is 13.8 Å². The maximum atomic E-state index is 9.50. The van der Waals surface area contributed by atoms with Crippen molar-refractivity contribution in [1.82, 2.24) is 4.57 Å². The first kappa shape index (κ1) is 32.5. The molecule has 0 saturated carbocycles. The minimum atomic E-state index is 0.500. The minimum Gasteiger partial charge on any atom is -0.309 e. The quantitative estimate of drug-likeness (QED) is 0.299. The molecule has 1 aromatic rings. The van der Waals surface area contributed by atoms with Gasteiger partial charge in [0.15, 0.2) is 0 Å². The van der Waals surface area contributed by atoms with Gasteiger partial charge in [-0.3, -0.25) is 4.39 Å². The highest BCUT2D eigenvalue weighted by Crippen LogP contribution is 2.35. The van der Waals surface area contributed by atoms with Crippen molar-refractivity contribution in [3.8, 4) is 0 Å². The van der Waals surface area contributed by atoms with Crippen molar-refractivity contribution < 1.29 is 4.39 Å². The molecule has 1 aromatic heterocycles. The fraction of sp³-hybridized carbons (Fsp3) is 0.333. The molecule has 168 valence electrons. The van der Waals surface area contributed by atoms with Crippen molar-refractivity contribution in [2.24, 2.45) is 0 Å². The van der Waals surface area contributed by atoms with Gasteiger partial charge in [0.05, 0.1) is 12.9 Å².